The van der Waals surface area contributed by atoms with Crippen molar-refractivity contribution in [2.24, 2.45) is 0 Å². The number of hydrogen-bond acceptors (Lipinski definition) is 4. The minimum absolute atomic E-state index is 0.209. The van der Waals surface area contributed by atoms with Gasteiger partial charge in [-0.1, -0.05) is 30.3 Å². The summed E-state index contributed by atoms with van der Waals surface area (Å²) in [5, 5.41) is 0. The van der Waals surface area contributed by atoms with Crippen LogP contribution in [0.5, 0.6) is 5.75 Å². The van der Waals surface area contributed by atoms with Gasteiger partial charge in [-0.2, -0.15) is 0 Å². The number of methoxy groups -OCH3 is 1. The molecule has 4 aromatic rings. The third kappa shape index (κ3) is 4.40. The van der Waals surface area contributed by atoms with Gasteiger partial charge in [-0.05, 0) is 66.4 Å². The van der Waals surface area contributed by atoms with Gasteiger partial charge in [-0.15, -0.1) is 0 Å². The van der Waals surface area contributed by atoms with Crippen LogP contribution in [-0.2, 0) is 16.0 Å². The van der Waals surface area contributed by atoms with Gasteiger partial charge in [0.05, 0.1) is 25.7 Å². The fourth-order valence-corrected chi connectivity index (χ4v) is 3.77. The lowest BCUT2D eigenvalue weighted by molar-refractivity contribution is -0.143. The number of furan rings is 1. The highest BCUT2D eigenvalue weighted by atomic mass is 16.5. The van der Waals surface area contributed by atoms with Gasteiger partial charge < -0.3 is 18.9 Å². The third-order valence-corrected chi connectivity index (χ3v) is 5.20. The quantitative estimate of drug-likeness (QED) is 0.353. The Labute approximate surface area is 181 Å². The van der Waals surface area contributed by atoms with E-state index in [9.17, 15) is 4.79 Å². The van der Waals surface area contributed by atoms with Gasteiger partial charge in [0.2, 0.25) is 0 Å². The molecule has 158 valence electrons. The molecule has 31 heavy (non-hydrogen) atoms. The minimum atomic E-state index is -0.209. The van der Waals surface area contributed by atoms with E-state index >= 15 is 0 Å². The SMILES string of the molecule is CCOC(=O)CCc1c(-c2ccccc2)[nH]c(-c2ccc(OC)cc2)c1-c1ccco1. The van der Waals surface area contributed by atoms with Crippen LogP contribution >= 0.6 is 0 Å². The van der Waals surface area contributed by atoms with Crippen molar-refractivity contribution in [3.63, 3.8) is 0 Å². The van der Waals surface area contributed by atoms with Crippen LogP contribution in [-0.4, -0.2) is 24.7 Å². The van der Waals surface area contributed by atoms with E-state index in [0.29, 0.717) is 19.4 Å². The van der Waals surface area contributed by atoms with Gasteiger partial charge in [-0.25, -0.2) is 0 Å². The first-order chi connectivity index (χ1) is 15.2. The Balaban J connectivity index is 1.88. The first-order valence-corrected chi connectivity index (χ1v) is 10.4. The van der Waals surface area contributed by atoms with Crippen LogP contribution in [0.4, 0.5) is 0 Å². The zero-order chi connectivity index (χ0) is 21.6. The van der Waals surface area contributed by atoms with Crippen LogP contribution in [0.15, 0.2) is 77.4 Å². The molecule has 0 aliphatic heterocycles. The van der Waals surface area contributed by atoms with Crippen LogP contribution in [0.3, 0.4) is 0 Å². The number of rotatable bonds is 8. The van der Waals surface area contributed by atoms with Gasteiger partial charge in [0.25, 0.3) is 0 Å². The summed E-state index contributed by atoms with van der Waals surface area (Å²) < 4.78 is 16.3. The average Bonchev–Trinajstić information content (AvgIpc) is 3.46. The summed E-state index contributed by atoms with van der Waals surface area (Å²) in [5.74, 6) is 1.34. The minimum Gasteiger partial charge on any atom is -0.497 e. The molecule has 0 saturated heterocycles. The Bertz CT molecular complexity index is 1130. The molecule has 1 N–H and O–H groups in total. The number of H-pyrrole nitrogens is 1. The molecule has 0 aliphatic rings. The van der Waals surface area contributed by atoms with E-state index in [-0.39, 0.29) is 5.97 Å². The predicted octanol–water partition coefficient (Wildman–Crippen LogP) is 6.11. The number of carbonyl (C=O) groups is 1. The standard InChI is InChI=1S/C26H25NO4/c1-3-30-23(28)16-15-21-24(22-10-7-17-31-22)26(19-11-13-20(29-2)14-12-19)27-25(21)18-8-5-4-6-9-18/h4-14,17,27H,3,15-16H2,1-2H3. The highest BCUT2D eigenvalue weighted by molar-refractivity contribution is 5.88. The molecule has 2 aromatic heterocycles. The summed E-state index contributed by atoms with van der Waals surface area (Å²) in [6, 6.07) is 21.8. The molecule has 0 bridgehead atoms. The molecule has 2 aromatic carbocycles. The summed E-state index contributed by atoms with van der Waals surface area (Å²) in [5.41, 5.74) is 5.96. The summed E-state index contributed by atoms with van der Waals surface area (Å²) in [6.45, 7) is 2.19. The molecule has 0 amide bonds. The molecule has 0 radical (unpaired) electrons. The summed E-state index contributed by atoms with van der Waals surface area (Å²) >= 11 is 0. The molecule has 0 fully saturated rings. The number of aromatic amines is 1. The number of benzene rings is 2. The topological polar surface area (TPSA) is 64.5 Å². The lowest BCUT2D eigenvalue weighted by Gasteiger charge is -2.08. The number of nitrogens with one attached hydrogen (secondary N) is 1. The molecule has 4 rings (SSSR count). The monoisotopic (exact) mass is 415 g/mol. The van der Waals surface area contributed by atoms with Crippen molar-refractivity contribution < 1.29 is 18.7 Å². The van der Waals surface area contributed by atoms with E-state index in [4.69, 9.17) is 13.9 Å². The molecule has 5 nitrogen and oxygen atoms in total. The molecule has 5 heteroatoms. The van der Waals surface area contributed by atoms with E-state index in [1.165, 1.54) is 0 Å². The normalized spacial score (nSPS) is 10.8. The van der Waals surface area contributed by atoms with Crippen molar-refractivity contribution in [2.45, 2.75) is 19.8 Å². The molecule has 2 heterocycles. The van der Waals surface area contributed by atoms with E-state index in [1.807, 2.05) is 61.5 Å². The van der Waals surface area contributed by atoms with Crippen LogP contribution in [0, 0.1) is 0 Å². The second kappa shape index (κ2) is 9.39. The van der Waals surface area contributed by atoms with Crippen molar-refractivity contribution in [3.05, 3.63) is 78.6 Å². The molecule has 0 unspecified atom stereocenters. The van der Waals surface area contributed by atoms with Crippen molar-refractivity contribution in [1.82, 2.24) is 4.98 Å². The van der Waals surface area contributed by atoms with Gasteiger partial charge in [0, 0.05) is 17.7 Å². The van der Waals surface area contributed by atoms with Crippen molar-refractivity contribution >= 4 is 5.97 Å². The van der Waals surface area contributed by atoms with E-state index < -0.39 is 0 Å². The Morgan fingerprint density at radius 1 is 0.935 bits per heavy atom. The fraction of sp³-hybridized carbons (Fsp3) is 0.192. The Morgan fingerprint density at radius 3 is 2.32 bits per heavy atom. The van der Waals surface area contributed by atoms with Gasteiger partial charge in [-0.3, -0.25) is 4.79 Å². The lowest BCUT2D eigenvalue weighted by atomic mass is 9.96. The van der Waals surface area contributed by atoms with Crippen LogP contribution < -0.4 is 4.74 Å². The van der Waals surface area contributed by atoms with Crippen LogP contribution in [0.2, 0.25) is 0 Å². The van der Waals surface area contributed by atoms with Crippen LogP contribution in [0.25, 0.3) is 33.8 Å². The maximum absolute atomic E-state index is 12.1. The van der Waals surface area contributed by atoms with Gasteiger partial charge in [0.1, 0.15) is 11.5 Å². The third-order valence-electron chi connectivity index (χ3n) is 5.20. The maximum Gasteiger partial charge on any atom is 0.306 e. The number of esters is 1. The second-order valence-corrected chi connectivity index (χ2v) is 7.11. The van der Waals surface area contributed by atoms with Crippen molar-refractivity contribution in [2.75, 3.05) is 13.7 Å². The van der Waals surface area contributed by atoms with Gasteiger partial charge >= 0.3 is 5.97 Å². The smallest absolute Gasteiger partial charge is 0.306 e. The number of ether oxygens (including phenoxy) is 2. The molecular formula is C26H25NO4. The number of aromatic nitrogens is 1. The Kier molecular flexibility index (Phi) is 6.22. The zero-order valence-corrected chi connectivity index (χ0v) is 17.7. The molecule has 0 aliphatic carbocycles. The van der Waals surface area contributed by atoms with E-state index in [2.05, 4.69) is 17.1 Å². The molecular weight excluding hydrogens is 390 g/mol. The average molecular weight is 415 g/mol. The highest BCUT2D eigenvalue weighted by Gasteiger charge is 2.23. The summed E-state index contributed by atoms with van der Waals surface area (Å²) in [4.78, 5) is 15.8. The van der Waals surface area contributed by atoms with Crippen molar-refractivity contribution in [3.8, 4) is 39.6 Å². The Hall–Kier alpha value is -3.73. The Morgan fingerprint density at radius 2 is 1.68 bits per heavy atom. The predicted molar refractivity (Wildman–Crippen MR) is 121 cm³/mol. The largest absolute Gasteiger partial charge is 0.497 e. The molecule has 0 spiro atoms. The first-order valence-electron chi connectivity index (χ1n) is 10.4. The second-order valence-electron chi connectivity index (χ2n) is 7.11. The summed E-state index contributed by atoms with van der Waals surface area (Å²) in [6.07, 6.45) is 2.49. The number of hydrogen-bond donors (Lipinski definition) is 1. The lowest BCUT2D eigenvalue weighted by Crippen LogP contribution is -2.05. The summed E-state index contributed by atoms with van der Waals surface area (Å²) in [7, 11) is 1.65. The van der Waals surface area contributed by atoms with E-state index in [0.717, 1.165) is 45.2 Å². The van der Waals surface area contributed by atoms with E-state index in [1.54, 1.807) is 13.4 Å². The van der Waals surface area contributed by atoms with Crippen molar-refractivity contribution in [1.29, 1.82) is 0 Å². The first kappa shape index (κ1) is 20.5. The fourth-order valence-electron chi connectivity index (χ4n) is 3.77. The highest BCUT2D eigenvalue weighted by Crippen LogP contribution is 2.41. The van der Waals surface area contributed by atoms with Gasteiger partial charge in [0.15, 0.2) is 0 Å². The molecule has 0 saturated carbocycles. The zero-order valence-electron chi connectivity index (χ0n) is 17.7. The number of carbonyl (C=O) groups excluding carboxylic acids is 1. The molecule has 0 atom stereocenters. The maximum atomic E-state index is 12.1. The van der Waals surface area contributed by atoms with Crippen LogP contribution in [0.1, 0.15) is 18.9 Å².